The molecule has 0 saturated carbocycles. The van der Waals surface area contributed by atoms with Crippen molar-refractivity contribution in [3.05, 3.63) is 35.4 Å². The van der Waals surface area contributed by atoms with Gasteiger partial charge in [0.15, 0.2) is 0 Å². The highest BCUT2D eigenvalue weighted by Crippen LogP contribution is 2.31. The Hall–Kier alpha value is -2.45. The Morgan fingerprint density at radius 1 is 1.29 bits per heavy atom. The molecule has 7 nitrogen and oxygen atoms in total. The van der Waals surface area contributed by atoms with E-state index in [9.17, 15) is 19.5 Å². The van der Waals surface area contributed by atoms with Crippen molar-refractivity contribution >= 4 is 29.1 Å². The molecule has 3 heterocycles. The van der Waals surface area contributed by atoms with E-state index in [0.717, 1.165) is 9.78 Å². The average Bonchev–Trinajstić information content (AvgIpc) is 3.29. The fourth-order valence-electron chi connectivity index (χ4n) is 2.39. The van der Waals surface area contributed by atoms with E-state index in [1.807, 2.05) is 12.1 Å². The quantitative estimate of drug-likeness (QED) is 0.767. The van der Waals surface area contributed by atoms with Gasteiger partial charge in [0.2, 0.25) is 17.7 Å². The molecule has 3 amide bonds. The fraction of sp³-hybridized carbons (Fsp3) is 0.312. The third-order valence-electron chi connectivity index (χ3n) is 3.67. The Kier molecular flexibility index (Phi) is 4.77. The summed E-state index contributed by atoms with van der Waals surface area (Å²) in [4.78, 5) is 37.3. The number of aliphatic hydroxyl groups excluding tert-OH is 1. The molecule has 3 rings (SSSR count). The summed E-state index contributed by atoms with van der Waals surface area (Å²) in [6, 6.07) is 7.22. The van der Waals surface area contributed by atoms with E-state index >= 15 is 0 Å². The van der Waals surface area contributed by atoms with Gasteiger partial charge in [0.1, 0.15) is 18.4 Å². The smallest absolute Gasteiger partial charge is 0.240 e. The van der Waals surface area contributed by atoms with Crippen LogP contribution >= 0.6 is 11.3 Å². The Morgan fingerprint density at radius 3 is 2.71 bits per heavy atom. The average molecular weight is 348 g/mol. The minimum Gasteiger partial charge on any atom is -0.464 e. The highest BCUT2D eigenvalue weighted by Gasteiger charge is 2.30. The zero-order chi connectivity index (χ0) is 17.1. The molecule has 0 spiro atoms. The van der Waals surface area contributed by atoms with Gasteiger partial charge < -0.3 is 14.8 Å². The van der Waals surface area contributed by atoms with E-state index in [0.29, 0.717) is 10.6 Å². The number of hydrogen-bond donors (Lipinski definition) is 2. The molecule has 8 heteroatoms. The zero-order valence-electron chi connectivity index (χ0n) is 12.7. The van der Waals surface area contributed by atoms with Gasteiger partial charge in [-0.3, -0.25) is 19.3 Å². The van der Waals surface area contributed by atoms with Gasteiger partial charge in [0, 0.05) is 24.3 Å². The summed E-state index contributed by atoms with van der Waals surface area (Å²) < 4.78 is 5.29. The van der Waals surface area contributed by atoms with Gasteiger partial charge in [-0.15, -0.1) is 11.3 Å². The molecule has 0 bridgehead atoms. The van der Waals surface area contributed by atoms with Gasteiger partial charge in [-0.25, -0.2) is 0 Å². The number of aliphatic hydroxyl groups is 1. The second-order valence-corrected chi connectivity index (χ2v) is 6.49. The van der Waals surface area contributed by atoms with Crippen molar-refractivity contribution in [3.63, 3.8) is 0 Å². The molecule has 1 aliphatic rings. The monoisotopic (exact) mass is 348 g/mol. The van der Waals surface area contributed by atoms with Crippen LogP contribution in [0.4, 0.5) is 0 Å². The predicted molar refractivity (Wildman–Crippen MR) is 85.9 cm³/mol. The molecule has 2 N–H and O–H groups in total. The Morgan fingerprint density at radius 2 is 2.04 bits per heavy atom. The summed E-state index contributed by atoms with van der Waals surface area (Å²) in [6.45, 7) is -0.292. The maximum Gasteiger partial charge on any atom is 0.240 e. The first kappa shape index (κ1) is 16.4. The standard InChI is InChI=1S/C16H16N2O5S/c19-10(12-3-4-13(24-12)11-2-1-7-23-11)8-17-14(20)9-18-15(21)5-6-16(18)22/h1-4,7,10,19H,5-6,8-9H2,(H,17,20). The Balaban J connectivity index is 1.52. The molecule has 0 aromatic carbocycles. The number of thiophene rings is 1. The predicted octanol–water partition coefficient (Wildman–Crippen LogP) is 1.31. The number of carbonyl (C=O) groups is 3. The minimum absolute atomic E-state index is 0.00711. The second-order valence-electron chi connectivity index (χ2n) is 5.37. The minimum atomic E-state index is -0.868. The van der Waals surface area contributed by atoms with Crippen LogP contribution in [0.5, 0.6) is 0 Å². The molecule has 0 aliphatic carbocycles. The third kappa shape index (κ3) is 3.55. The number of amides is 3. The van der Waals surface area contributed by atoms with E-state index < -0.39 is 12.0 Å². The Labute approximate surface area is 141 Å². The molecule has 1 aliphatic heterocycles. The van der Waals surface area contributed by atoms with Crippen molar-refractivity contribution in [2.75, 3.05) is 13.1 Å². The number of imide groups is 1. The summed E-state index contributed by atoms with van der Waals surface area (Å²) in [7, 11) is 0. The van der Waals surface area contributed by atoms with Gasteiger partial charge in [-0.05, 0) is 24.3 Å². The van der Waals surface area contributed by atoms with Gasteiger partial charge in [0.05, 0.1) is 11.1 Å². The number of rotatable bonds is 6. The largest absolute Gasteiger partial charge is 0.464 e. The van der Waals surface area contributed by atoms with E-state index in [-0.39, 0.29) is 37.7 Å². The number of nitrogens with one attached hydrogen (secondary N) is 1. The van der Waals surface area contributed by atoms with E-state index in [2.05, 4.69) is 5.32 Å². The molecule has 0 radical (unpaired) electrons. The number of likely N-dealkylation sites (tertiary alicyclic amines) is 1. The van der Waals surface area contributed by atoms with Crippen LogP contribution in [0.15, 0.2) is 34.9 Å². The van der Waals surface area contributed by atoms with Crippen LogP contribution in [0, 0.1) is 0 Å². The summed E-state index contributed by atoms with van der Waals surface area (Å²) in [5.74, 6) is -0.428. The van der Waals surface area contributed by atoms with Crippen LogP contribution in [-0.2, 0) is 14.4 Å². The molecule has 126 valence electrons. The van der Waals surface area contributed by atoms with Crippen molar-refractivity contribution in [2.24, 2.45) is 0 Å². The number of carbonyl (C=O) groups excluding carboxylic acids is 3. The third-order valence-corrected chi connectivity index (χ3v) is 4.87. The van der Waals surface area contributed by atoms with Crippen LogP contribution in [0.2, 0.25) is 0 Å². The molecule has 1 fully saturated rings. The first-order valence-electron chi connectivity index (χ1n) is 7.46. The van der Waals surface area contributed by atoms with E-state index in [1.54, 1.807) is 18.4 Å². The maximum absolute atomic E-state index is 11.8. The molecule has 1 saturated heterocycles. The van der Waals surface area contributed by atoms with Crippen LogP contribution in [0.1, 0.15) is 23.8 Å². The van der Waals surface area contributed by atoms with Crippen molar-refractivity contribution in [2.45, 2.75) is 18.9 Å². The first-order valence-corrected chi connectivity index (χ1v) is 8.28. The van der Waals surface area contributed by atoms with E-state index in [4.69, 9.17) is 4.42 Å². The van der Waals surface area contributed by atoms with Crippen LogP contribution in [0.3, 0.4) is 0 Å². The highest BCUT2D eigenvalue weighted by atomic mass is 32.1. The topological polar surface area (TPSA) is 99.9 Å². The van der Waals surface area contributed by atoms with E-state index in [1.165, 1.54) is 11.3 Å². The van der Waals surface area contributed by atoms with Crippen molar-refractivity contribution in [1.82, 2.24) is 10.2 Å². The lowest BCUT2D eigenvalue weighted by Gasteiger charge is -2.15. The molecule has 2 aromatic rings. The van der Waals surface area contributed by atoms with Crippen LogP contribution < -0.4 is 5.32 Å². The highest BCUT2D eigenvalue weighted by molar-refractivity contribution is 7.15. The lowest BCUT2D eigenvalue weighted by Crippen LogP contribution is -2.41. The molecule has 1 atom stereocenters. The zero-order valence-corrected chi connectivity index (χ0v) is 13.5. The number of hydrogen-bond acceptors (Lipinski definition) is 6. The van der Waals surface area contributed by atoms with Crippen molar-refractivity contribution in [1.29, 1.82) is 0 Å². The summed E-state index contributed by atoms with van der Waals surface area (Å²) in [6.07, 6.45) is 1.01. The molecular weight excluding hydrogens is 332 g/mol. The lowest BCUT2D eigenvalue weighted by molar-refractivity contribution is -0.142. The fourth-order valence-corrected chi connectivity index (χ4v) is 3.36. The lowest BCUT2D eigenvalue weighted by atomic mass is 10.2. The first-order chi connectivity index (χ1) is 11.5. The number of nitrogens with zero attached hydrogens (tertiary/aromatic N) is 1. The second kappa shape index (κ2) is 6.98. The van der Waals surface area contributed by atoms with Gasteiger partial charge >= 0.3 is 0 Å². The van der Waals surface area contributed by atoms with Gasteiger partial charge in [-0.1, -0.05) is 0 Å². The molecule has 1 unspecified atom stereocenters. The van der Waals surface area contributed by atoms with Crippen molar-refractivity contribution < 1.29 is 23.9 Å². The normalized spacial score (nSPS) is 15.8. The summed E-state index contributed by atoms with van der Waals surface area (Å²) in [5.41, 5.74) is 0. The SMILES string of the molecule is O=C(CN1C(=O)CCC1=O)NCC(O)c1ccc(-c2ccco2)s1. The molecule has 2 aromatic heterocycles. The van der Waals surface area contributed by atoms with Crippen LogP contribution in [0.25, 0.3) is 10.6 Å². The van der Waals surface area contributed by atoms with Gasteiger partial charge in [0.25, 0.3) is 0 Å². The molecule has 24 heavy (non-hydrogen) atoms. The molecular formula is C16H16N2O5S. The Bertz CT molecular complexity index is 736. The number of furan rings is 1. The van der Waals surface area contributed by atoms with Crippen molar-refractivity contribution in [3.8, 4) is 10.6 Å². The summed E-state index contributed by atoms with van der Waals surface area (Å²) >= 11 is 1.37. The van der Waals surface area contributed by atoms with Gasteiger partial charge in [-0.2, -0.15) is 0 Å². The van der Waals surface area contributed by atoms with Crippen LogP contribution in [-0.4, -0.2) is 40.8 Å². The summed E-state index contributed by atoms with van der Waals surface area (Å²) in [5, 5.41) is 12.7. The maximum atomic E-state index is 11.8.